The van der Waals surface area contributed by atoms with E-state index in [0.717, 1.165) is 11.3 Å². The molecule has 0 spiro atoms. The molecule has 0 aromatic heterocycles. The van der Waals surface area contributed by atoms with Gasteiger partial charge in [-0.1, -0.05) is 42.5 Å². The van der Waals surface area contributed by atoms with Crippen LogP contribution in [0.5, 0.6) is 0 Å². The molecule has 1 amide bonds. The lowest BCUT2D eigenvalue weighted by molar-refractivity contribution is -0.120. The van der Waals surface area contributed by atoms with Gasteiger partial charge in [-0.3, -0.25) is 4.79 Å². The average molecular weight is 379 g/mol. The summed E-state index contributed by atoms with van der Waals surface area (Å²) in [6, 6.07) is 16.4. The fourth-order valence-corrected chi connectivity index (χ4v) is 3.58. The van der Waals surface area contributed by atoms with Crippen LogP contribution in [0.15, 0.2) is 59.5 Å². The van der Waals surface area contributed by atoms with E-state index in [9.17, 15) is 13.2 Å². The summed E-state index contributed by atoms with van der Waals surface area (Å²) in [6.45, 7) is 2.40. The zero-order valence-corrected chi connectivity index (χ0v) is 15.6. The van der Waals surface area contributed by atoms with Crippen molar-refractivity contribution < 1.29 is 13.2 Å². The Kier molecular flexibility index (Phi) is 7.04. The maximum atomic E-state index is 12.1. The number of sulfonamides is 1. The molecule has 0 aliphatic carbocycles. The number of primary sulfonamides is 1. The molecule has 25 heavy (non-hydrogen) atoms. The van der Waals surface area contributed by atoms with Crippen molar-refractivity contribution in [1.29, 1.82) is 0 Å². The van der Waals surface area contributed by atoms with Crippen molar-refractivity contribution in [3.05, 3.63) is 65.7 Å². The zero-order valence-electron chi connectivity index (χ0n) is 14.0. The number of amides is 1. The van der Waals surface area contributed by atoms with Gasteiger partial charge in [0.05, 0.1) is 10.1 Å². The van der Waals surface area contributed by atoms with Crippen LogP contribution in [0.25, 0.3) is 0 Å². The highest BCUT2D eigenvalue weighted by Gasteiger charge is 2.13. The molecule has 5 nitrogen and oxygen atoms in total. The van der Waals surface area contributed by atoms with Crippen molar-refractivity contribution in [2.45, 2.75) is 29.2 Å². The van der Waals surface area contributed by atoms with Crippen LogP contribution in [0.3, 0.4) is 0 Å². The number of thioether (sulfide) groups is 1. The first-order valence-corrected chi connectivity index (χ1v) is 10.5. The molecule has 0 heterocycles. The first kappa shape index (κ1) is 19.5. The standard InChI is InChI=1S/C18H22N2O3S2/c1-14(24-13-16-5-3-2-4-6-16)18(21)20-12-11-15-7-9-17(10-8-15)25(19,22)23/h2-10,14H,11-13H2,1H3,(H,20,21)(H2,19,22,23). The van der Waals surface area contributed by atoms with E-state index in [-0.39, 0.29) is 16.1 Å². The lowest BCUT2D eigenvalue weighted by Crippen LogP contribution is -2.32. The van der Waals surface area contributed by atoms with Gasteiger partial charge in [-0.2, -0.15) is 0 Å². The minimum atomic E-state index is -3.67. The second-order valence-corrected chi connectivity index (χ2v) is 8.56. The van der Waals surface area contributed by atoms with Gasteiger partial charge in [0.25, 0.3) is 0 Å². The van der Waals surface area contributed by atoms with Crippen molar-refractivity contribution in [2.24, 2.45) is 5.14 Å². The van der Waals surface area contributed by atoms with Crippen molar-refractivity contribution in [3.63, 3.8) is 0 Å². The van der Waals surface area contributed by atoms with E-state index in [0.29, 0.717) is 13.0 Å². The molecule has 2 aromatic rings. The molecule has 0 saturated carbocycles. The summed E-state index contributed by atoms with van der Waals surface area (Å²) in [5.41, 5.74) is 2.14. The molecule has 0 saturated heterocycles. The molecule has 7 heteroatoms. The van der Waals surface area contributed by atoms with E-state index in [4.69, 9.17) is 5.14 Å². The van der Waals surface area contributed by atoms with Gasteiger partial charge in [0.2, 0.25) is 15.9 Å². The first-order chi connectivity index (χ1) is 11.9. The highest BCUT2D eigenvalue weighted by Crippen LogP contribution is 2.17. The molecule has 0 aliphatic rings. The van der Waals surface area contributed by atoms with Crippen LogP contribution in [0.4, 0.5) is 0 Å². The summed E-state index contributed by atoms with van der Waals surface area (Å²) >= 11 is 1.60. The summed E-state index contributed by atoms with van der Waals surface area (Å²) in [6.07, 6.45) is 0.632. The van der Waals surface area contributed by atoms with E-state index in [1.807, 2.05) is 37.3 Å². The van der Waals surface area contributed by atoms with E-state index in [1.165, 1.54) is 17.7 Å². The summed E-state index contributed by atoms with van der Waals surface area (Å²) in [4.78, 5) is 12.2. The monoisotopic (exact) mass is 378 g/mol. The van der Waals surface area contributed by atoms with Gasteiger partial charge < -0.3 is 5.32 Å². The summed E-state index contributed by atoms with van der Waals surface area (Å²) in [5, 5.41) is 7.84. The van der Waals surface area contributed by atoms with E-state index in [2.05, 4.69) is 5.32 Å². The number of nitrogens with two attached hydrogens (primary N) is 1. The third-order valence-corrected chi connectivity index (χ3v) is 5.82. The molecule has 3 N–H and O–H groups in total. The second kappa shape index (κ2) is 9.03. The normalized spacial score (nSPS) is 12.6. The van der Waals surface area contributed by atoms with Crippen LogP contribution in [0.2, 0.25) is 0 Å². The lowest BCUT2D eigenvalue weighted by Gasteiger charge is -2.12. The highest BCUT2D eigenvalue weighted by atomic mass is 32.2. The Morgan fingerprint density at radius 3 is 2.32 bits per heavy atom. The molecule has 2 aromatic carbocycles. The minimum Gasteiger partial charge on any atom is -0.355 e. The molecule has 0 bridgehead atoms. The fraction of sp³-hybridized carbons (Fsp3) is 0.278. The molecular weight excluding hydrogens is 356 g/mol. The third kappa shape index (κ3) is 6.53. The summed E-state index contributed by atoms with van der Waals surface area (Å²) < 4.78 is 22.4. The number of carbonyl (C=O) groups excluding carboxylic acids is 1. The van der Waals surface area contributed by atoms with Crippen molar-refractivity contribution >= 4 is 27.7 Å². The number of nitrogens with one attached hydrogen (secondary N) is 1. The Balaban J connectivity index is 1.74. The Morgan fingerprint density at radius 1 is 1.08 bits per heavy atom. The van der Waals surface area contributed by atoms with Gasteiger partial charge in [0.1, 0.15) is 0 Å². The van der Waals surface area contributed by atoms with Gasteiger partial charge in [-0.25, -0.2) is 13.6 Å². The Morgan fingerprint density at radius 2 is 1.72 bits per heavy atom. The van der Waals surface area contributed by atoms with Crippen LogP contribution in [0, 0.1) is 0 Å². The largest absolute Gasteiger partial charge is 0.355 e. The number of carbonyl (C=O) groups is 1. The second-order valence-electron chi connectivity index (χ2n) is 5.67. The van der Waals surface area contributed by atoms with Gasteiger partial charge in [-0.05, 0) is 36.6 Å². The molecule has 1 unspecified atom stereocenters. The van der Waals surface area contributed by atoms with Crippen LogP contribution in [-0.2, 0) is 27.0 Å². The Labute approximate surface area is 153 Å². The predicted molar refractivity (Wildman–Crippen MR) is 102 cm³/mol. The van der Waals surface area contributed by atoms with Crippen molar-refractivity contribution in [2.75, 3.05) is 6.54 Å². The molecule has 0 radical (unpaired) electrons. The summed E-state index contributed by atoms with van der Waals surface area (Å²) in [7, 11) is -3.67. The predicted octanol–water partition coefficient (Wildman–Crippen LogP) is 2.31. The molecule has 0 aliphatic heterocycles. The maximum Gasteiger partial charge on any atom is 0.238 e. The Hall–Kier alpha value is -1.83. The van der Waals surface area contributed by atoms with Crippen LogP contribution >= 0.6 is 11.8 Å². The maximum absolute atomic E-state index is 12.1. The summed E-state index contributed by atoms with van der Waals surface area (Å²) in [5.74, 6) is 0.798. The molecular formula is C18H22N2O3S2. The van der Waals surface area contributed by atoms with E-state index in [1.54, 1.807) is 23.9 Å². The molecule has 2 rings (SSSR count). The zero-order chi connectivity index (χ0) is 18.3. The van der Waals surface area contributed by atoms with Crippen molar-refractivity contribution in [3.8, 4) is 0 Å². The van der Waals surface area contributed by atoms with Crippen LogP contribution < -0.4 is 10.5 Å². The third-order valence-electron chi connectivity index (χ3n) is 3.68. The number of hydrogen-bond donors (Lipinski definition) is 2. The fourth-order valence-electron chi connectivity index (χ4n) is 2.19. The smallest absolute Gasteiger partial charge is 0.238 e. The van der Waals surface area contributed by atoms with E-state index < -0.39 is 10.0 Å². The number of rotatable bonds is 8. The molecule has 0 fully saturated rings. The van der Waals surface area contributed by atoms with Gasteiger partial charge >= 0.3 is 0 Å². The molecule has 1 atom stereocenters. The van der Waals surface area contributed by atoms with Crippen LogP contribution in [0.1, 0.15) is 18.1 Å². The van der Waals surface area contributed by atoms with Gasteiger partial charge in [0.15, 0.2) is 0 Å². The van der Waals surface area contributed by atoms with Gasteiger partial charge in [0, 0.05) is 12.3 Å². The topological polar surface area (TPSA) is 89.3 Å². The van der Waals surface area contributed by atoms with Gasteiger partial charge in [-0.15, -0.1) is 11.8 Å². The van der Waals surface area contributed by atoms with Crippen molar-refractivity contribution in [1.82, 2.24) is 5.32 Å². The minimum absolute atomic E-state index is 0.00193. The van der Waals surface area contributed by atoms with Crippen LogP contribution in [-0.4, -0.2) is 26.1 Å². The van der Waals surface area contributed by atoms with E-state index >= 15 is 0 Å². The first-order valence-electron chi connectivity index (χ1n) is 7.91. The number of benzene rings is 2. The highest BCUT2D eigenvalue weighted by molar-refractivity contribution is 7.99. The SMILES string of the molecule is CC(SCc1ccccc1)C(=O)NCCc1ccc(S(N)(=O)=O)cc1. The average Bonchev–Trinajstić information content (AvgIpc) is 2.60. The molecule has 134 valence electrons. The number of hydrogen-bond acceptors (Lipinski definition) is 4. The quantitative estimate of drug-likeness (QED) is 0.738. The lowest BCUT2D eigenvalue weighted by atomic mass is 10.1. The Bertz CT molecular complexity index is 791.